The number of benzene rings is 2. The van der Waals surface area contributed by atoms with E-state index in [1.54, 1.807) is 0 Å². The first-order chi connectivity index (χ1) is 22.3. The SMILES string of the molecule is CCCCCCCCCCCCCCCCC(CCC)OCCc1ccc(-c2ccc(OCCCCCCCCC)cc2)cc1. The van der Waals surface area contributed by atoms with Crippen LogP contribution in [0.2, 0.25) is 0 Å². The highest BCUT2D eigenvalue weighted by Crippen LogP contribution is 2.24. The van der Waals surface area contributed by atoms with Crippen molar-refractivity contribution >= 4 is 0 Å². The monoisotopic (exact) mass is 621 g/mol. The molecule has 0 bridgehead atoms. The molecule has 0 spiro atoms. The fourth-order valence-corrected chi connectivity index (χ4v) is 6.40. The van der Waals surface area contributed by atoms with Crippen LogP contribution in [0.15, 0.2) is 48.5 Å². The number of rotatable bonds is 31. The van der Waals surface area contributed by atoms with Gasteiger partial charge in [0.2, 0.25) is 0 Å². The number of hydrogen-bond donors (Lipinski definition) is 0. The summed E-state index contributed by atoms with van der Waals surface area (Å²) in [5.41, 5.74) is 3.87. The predicted octanol–water partition coefficient (Wildman–Crippen LogP) is 14.1. The molecule has 2 aromatic rings. The first kappa shape index (κ1) is 39.4. The van der Waals surface area contributed by atoms with Gasteiger partial charge in [-0.2, -0.15) is 0 Å². The molecule has 1 unspecified atom stereocenters. The van der Waals surface area contributed by atoms with Crippen molar-refractivity contribution in [1.29, 1.82) is 0 Å². The Labute approximate surface area is 280 Å². The zero-order valence-corrected chi connectivity index (χ0v) is 30.1. The smallest absolute Gasteiger partial charge is 0.119 e. The molecular weight excluding hydrogens is 548 g/mol. The predicted molar refractivity (Wildman–Crippen MR) is 199 cm³/mol. The molecule has 0 aliphatic heterocycles. The number of ether oxygens (including phenoxy) is 2. The summed E-state index contributed by atoms with van der Waals surface area (Å²) in [4.78, 5) is 0. The Morgan fingerprint density at radius 2 is 0.867 bits per heavy atom. The van der Waals surface area contributed by atoms with Crippen LogP contribution in [0.25, 0.3) is 11.1 Å². The van der Waals surface area contributed by atoms with Crippen molar-refractivity contribution in [2.45, 2.75) is 187 Å². The van der Waals surface area contributed by atoms with E-state index >= 15 is 0 Å². The maximum atomic E-state index is 6.38. The van der Waals surface area contributed by atoms with Crippen molar-refractivity contribution in [1.82, 2.24) is 0 Å². The van der Waals surface area contributed by atoms with Gasteiger partial charge >= 0.3 is 0 Å². The normalized spacial score (nSPS) is 12.1. The van der Waals surface area contributed by atoms with Gasteiger partial charge in [0.05, 0.1) is 19.3 Å². The molecule has 0 radical (unpaired) electrons. The average Bonchev–Trinajstić information content (AvgIpc) is 3.06. The second kappa shape index (κ2) is 28.4. The summed E-state index contributed by atoms with van der Waals surface area (Å²) in [5, 5.41) is 0. The van der Waals surface area contributed by atoms with E-state index in [0.29, 0.717) is 6.10 Å². The topological polar surface area (TPSA) is 18.5 Å². The van der Waals surface area contributed by atoms with Crippen molar-refractivity contribution in [3.8, 4) is 16.9 Å². The maximum Gasteiger partial charge on any atom is 0.119 e. The van der Waals surface area contributed by atoms with E-state index < -0.39 is 0 Å². The number of unbranched alkanes of at least 4 members (excludes halogenated alkanes) is 19. The van der Waals surface area contributed by atoms with E-state index in [1.165, 1.54) is 164 Å². The third-order valence-corrected chi connectivity index (χ3v) is 9.39. The molecule has 0 N–H and O–H groups in total. The van der Waals surface area contributed by atoms with Crippen molar-refractivity contribution in [3.05, 3.63) is 54.1 Å². The average molecular weight is 621 g/mol. The lowest BCUT2D eigenvalue weighted by Crippen LogP contribution is -2.14. The highest BCUT2D eigenvalue weighted by Gasteiger charge is 2.08. The summed E-state index contributed by atoms with van der Waals surface area (Å²) in [7, 11) is 0. The Kier molecular flexibility index (Phi) is 24.9. The standard InChI is InChI=1S/C43H72O2/c1-4-7-9-11-13-14-15-16-17-18-19-20-22-24-27-42(26-6-3)45-38-36-39-28-30-40(31-29-39)41-32-34-43(35-33-41)44-37-25-23-21-12-10-8-5-2/h28-35,42H,4-27,36-38H2,1-3H3. The van der Waals surface area contributed by atoms with Gasteiger partial charge in [-0.15, -0.1) is 0 Å². The fraction of sp³-hybridized carbons (Fsp3) is 0.721. The van der Waals surface area contributed by atoms with Crippen LogP contribution >= 0.6 is 0 Å². The maximum absolute atomic E-state index is 6.38. The van der Waals surface area contributed by atoms with Crippen LogP contribution in [0.3, 0.4) is 0 Å². The summed E-state index contributed by atoms with van der Waals surface area (Å²) < 4.78 is 12.4. The molecule has 0 aliphatic rings. The summed E-state index contributed by atoms with van der Waals surface area (Å²) in [6, 6.07) is 17.6. The van der Waals surface area contributed by atoms with Gasteiger partial charge in [-0.25, -0.2) is 0 Å². The highest BCUT2D eigenvalue weighted by molar-refractivity contribution is 5.64. The van der Waals surface area contributed by atoms with E-state index in [-0.39, 0.29) is 0 Å². The third-order valence-electron chi connectivity index (χ3n) is 9.39. The number of hydrogen-bond acceptors (Lipinski definition) is 2. The summed E-state index contributed by atoms with van der Waals surface area (Å²) >= 11 is 0. The van der Waals surface area contributed by atoms with Crippen molar-refractivity contribution in [2.24, 2.45) is 0 Å². The largest absolute Gasteiger partial charge is 0.494 e. The van der Waals surface area contributed by atoms with Crippen LogP contribution in [0.5, 0.6) is 5.75 Å². The lowest BCUT2D eigenvalue weighted by Gasteiger charge is -2.17. The Balaban J connectivity index is 1.53. The molecule has 0 amide bonds. The van der Waals surface area contributed by atoms with Gasteiger partial charge < -0.3 is 9.47 Å². The zero-order valence-electron chi connectivity index (χ0n) is 30.1. The molecule has 0 saturated heterocycles. The Bertz CT molecular complexity index is 887. The molecule has 0 aliphatic carbocycles. The molecule has 256 valence electrons. The minimum Gasteiger partial charge on any atom is -0.494 e. The first-order valence-corrected chi connectivity index (χ1v) is 19.7. The molecule has 2 nitrogen and oxygen atoms in total. The molecule has 0 fully saturated rings. The Morgan fingerprint density at radius 1 is 0.422 bits per heavy atom. The molecule has 0 saturated carbocycles. The summed E-state index contributed by atoms with van der Waals surface area (Å²) in [5.74, 6) is 0.981. The minimum absolute atomic E-state index is 0.429. The van der Waals surface area contributed by atoms with E-state index in [9.17, 15) is 0 Å². The molecule has 2 heteroatoms. The Hall–Kier alpha value is -1.80. The van der Waals surface area contributed by atoms with Crippen molar-refractivity contribution in [2.75, 3.05) is 13.2 Å². The van der Waals surface area contributed by atoms with Crippen LogP contribution in [0.1, 0.15) is 180 Å². The van der Waals surface area contributed by atoms with Gasteiger partial charge in [0.1, 0.15) is 5.75 Å². The van der Waals surface area contributed by atoms with E-state index in [4.69, 9.17) is 9.47 Å². The molecule has 2 aromatic carbocycles. The van der Waals surface area contributed by atoms with Crippen LogP contribution in [-0.2, 0) is 11.2 Å². The lowest BCUT2D eigenvalue weighted by molar-refractivity contribution is 0.0414. The van der Waals surface area contributed by atoms with Crippen LogP contribution in [0, 0.1) is 0 Å². The van der Waals surface area contributed by atoms with Crippen LogP contribution in [0.4, 0.5) is 0 Å². The molecule has 2 rings (SSSR count). The molecule has 45 heavy (non-hydrogen) atoms. The lowest BCUT2D eigenvalue weighted by atomic mass is 10.0. The van der Waals surface area contributed by atoms with Gasteiger partial charge in [0.25, 0.3) is 0 Å². The van der Waals surface area contributed by atoms with Gasteiger partial charge in [-0.1, -0.05) is 192 Å². The van der Waals surface area contributed by atoms with Gasteiger partial charge in [0.15, 0.2) is 0 Å². The second-order valence-corrected chi connectivity index (χ2v) is 13.6. The third kappa shape index (κ3) is 20.8. The van der Waals surface area contributed by atoms with E-state index in [2.05, 4.69) is 69.3 Å². The first-order valence-electron chi connectivity index (χ1n) is 19.7. The fourth-order valence-electron chi connectivity index (χ4n) is 6.40. The molecule has 1 atom stereocenters. The minimum atomic E-state index is 0.429. The second-order valence-electron chi connectivity index (χ2n) is 13.6. The summed E-state index contributed by atoms with van der Waals surface area (Å²) in [6.07, 6.45) is 34.1. The Morgan fingerprint density at radius 3 is 1.36 bits per heavy atom. The molecular formula is C43H72O2. The zero-order chi connectivity index (χ0) is 32.0. The van der Waals surface area contributed by atoms with Crippen molar-refractivity contribution < 1.29 is 9.47 Å². The van der Waals surface area contributed by atoms with Gasteiger partial charge in [0, 0.05) is 0 Å². The quantitative estimate of drug-likeness (QED) is 0.0781. The van der Waals surface area contributed by atoms with Crippen LogP contribution < -0.4 is 4.74 Å². The molecule has 0 heterocycles. The summed E-state index contributed by atoms with van der Waals surface area (Å²) in [6.45, 7) is 8.51. The van der Waals surface area contributed by atoms with Gasteiger partial charge in [-0.05, 0) is 54.5 Å². The van der Waals surface area contributed by atoms with Crippen LogP contribution in [-0.4, -0.2) is 19.3 Å². The molecule has 0 aromatic heterocycles. The van der Waals surface area contributed by atoms with E-state index in [1.807, 2.05) is 0 Å². The highest BCUT2D eigenvalue weighted by atomic mass is 16.5. The van der Waals surface area contributed by atoms with Gasteiger partial charge in [-0.3, -0.25) is 0 Å². The van der Waals surface area contributed by atoms with Crippen molar-refractivity contribution in [3.63, 3.8) is 0 Å². The van der Waals surface area contributed by atoms with E-state index in [0.717, 1.165) is 31.8 Å².